The van der Waals surface area contributed by atoms with Crippen LogP contribution in [0.3, 0.4) is 0 Å². The molecule has 1 fully saturated rings. The van der Waals surface area contributed by atoms with Gasteiger partial charge in [0.2, 0.25) is 0 Å². The first-order chi connectivity index (χ1) is 8.56. The third kappa shape index (κ3) is 4.04. The molecule has 0 aromatic heterocycles. The van der Waals surface area contributed by atoms with Gasteiger partial charge >= 0.3 is 6.61 Å². The summed E-state index contributed by atoms with van der Waals surface area (Å²) in [7, 11) is 0. The molecular weight excluding hydrogens is 278 g/mol. The first kappa shape index (κ1) is 15.7. The van der Waals surface area contributed by atoms with Gasteiger partial charge in [0.15, 0.2) is 0 Å². The minimum atomic E-state index is -2.89. The number of alkyl halides is 2. The highest BCUT2D eigenvalue weighted by Crippen LogP contribution is 2.19. The Morgan fingerprint density at radius 3 is 2.79 bits per heavy atom. The molecule has 106 valence electrons. The zero-order chi connectivity index (χ0) is 13.1. The van der Waals surface area contributed by atoms with E-state index in [-0.39, 0.29) is 30.1 Å². The molecule has 19 heavy (non-hydrogen) atoms. The number of likely N-dealkylation sites (tertiary alicyclic amines) is 1. The van der Waals surface area contributed by atoms with Crippen LogP contribution < -0.4 is 10.5 Å². The van der Waals surface area contributed by atoms with Crippen LogP contribution in [0.25, 0.3) is 0 Å². The second-order valence-electron chi connectivity index (χ2n) is 4.21. The Hall–Kier alpha value is -1.40. The van der Waals surface area contributed by atoms with Crippen LogP contribution in [0.2, 0.25) is 0 Å². The molecule has 2 N–H and O–H groups in total. The van der Waals surface area contributed by atoms with Crippen molar-refractivity contribution < 1.29 is 18.3 Å². The van der Waals surface area contributed by atoms with Crippen molar-refractivity contribution in [3.8, 4) is 5.75 Å². The molecule has 1 saturated heterocycles. The summed E-state index contributed by atoms with van der Waals surface area (Å²) < 4.78 is 28.4. The number of nitrogens with two attached hydrogens (primary N) is 1. The predicted molar refractivity (Wildman–Crippen MR) is 68.8 cm³/mol. The molecule has 0 saturated carbocycles. The van der Waals surface area contributed by atoms with E-state index in [1.165, 1.54) is 18.2 Å². The molecule has 0 radical (unpaired) electrons. The standard InChI is InChI=1S/C12H14F2N2O2.ClH/c13-12(14)18-10-3-1-2-8(6-10)11(17)16-5-4-9(15)7-16;/h1-3,6,9,12H,4-5,7,15H2;1H/t9-;/m0./s1. The Bertz CT molecular complexity index is 445. The van der Waals surface area contributed by atoms with Crippen molar-refractivity contribution in [1.82, 2.24) is 4.90 Å². The van der Waals surface area contributed by atoms with E-state index in [0.717, 1.165) is 6.42 Å². The average molecular weight is 293 g/mol. The Labute approximate surface area is 115 Å². The molecule has 0 spiro atoms. The molecule has 0 unspecified atom stereocenters. The second-order valence-corrected chi connectivity index (χ2v) is 4.21. The first-order valence-corrected chi connectivity index (χ1v) is 5.66. The fourth-order valence-electron chi connectivity index (χ4n) is 1.96. The lowest BCUT2D eigenvalue weighted by Gasteiger charge is -2.16. The van der Waals surface area contributed by atoms with E-state index < -0.39 is 6.61 Å². The molecule has 0 bridgehead atoms. The van der Waals surface area contributed by atoms with Crippen LogP contribution in [-0.4, -0.2) is 36.5 Å². The Morgan fingerprint density at radius 1 is 1.47 bits per heavy atom. The smallest absolute Gasteiger partial charge is 0.387 e. The van der Waals surface area contributed by atoms with Gasteiger partial charge in [0.1, 0.15) is 5.75 Å². The van der Waals surface area contributed by atoms with Crippen LogP contribution in [0.15, 0.2) is 24.3 Å². The van der Waals surface area contributed by atoms with Crippen molar-refractivity contribution in [1.29, 1.82) is 0 Å². The van der Waals surface area contributed by atoms with E-state index in [0.29, 0.717) is 18.7 Å². The fraction of sp³-hybridized carbons (Fsp3) is 0.417. The summed E-state index contributed by atoms with van der Waals surface area (Å²) in [6.07, 6.45) is 0.763. The summed E-state index contributed by atoms with van der Waals surface area (Å²) in [5, 5.41) is 0. The maximum absolute atomic E-state index is 12.1. The number of hydrogen-bond acceptors (Lipinski definition) is 3. The number of nitrogens with zero attached hydrogens (tertiary/aromatic N) is 1. The van der Waals surface area contributed by atoms with Gasteiger partial charge in [-0.3, -0.25) is 4.79 Å². The summed E-state index contributed by atoms with van der Waals surface area (Å²) in [4.78, 5) is 13.7. The van der Waals surface area contributed by atoms with Gasteiger partial charge in [-0.25, -0.2) is 0 Å². The normalized spacial score (nSPS) is 18.3. The van der Waals surface area contributed by atoms with Gasteiger partial charge in [-0.05, 0) is 24.6 Å². The SMILES string of the molecule is Cl.N[C@H]1CCN(C(=O)c2cccc(OC(F)F)c2)C1. The number of halogens is 3. The lowest BCUT2D eigenvalue weighted by molar-refractivity contribution is -0.0499. The maximum atomic E-state index is 12.1. The molecule has 1 heterocycles. The lowest BCUT2D eigenvalue weighted by atomic mass is 10.2. The largest absolute Gasteiger partial charge is 0.435 e. The molecule has 1 aromatic rings. The molecule has 1 aliphatic heterocycles. The number of amides is 1. The molecule has 0 aliphatic carbocycles. The van der Waals surface area contributed by atoms with Gasteiger partial charge in [0, 0.05) is 24.7 Å². The lowest BCUT2D eigenvalue weighted by Crippen LogP contribution is -2.31. The van der Waals surface area contributed by atoms with Gasteiger partial charge < -0.3 is 15.4 Å². The number of carbonyl (C=O) groups is 1. The minimum Gasteiger partial charge on any atom is -0.435 e. The van der Waals surface area contributed by atoms with Crippen molar-refractivity contribution >= 4 is 18.3 Å². The first-order valence-electron chi connectivity index (χ1n) is 5.66. The molecule has 1 aliphatic rings. The quantitative estimate of drug-likeness (QED) is 0.925. The van der Waals surface area contributed by atoms with Crippen molar-refractivity contribution in [3.05, 3.63) is 29.8 Å². The zero-order valence-corrected chi connectivity index (χ0v) is 10.9. The molecule has 1 amide bonds. The monoisotopic (exact) mass is 292 g/mol. The van der Waals surface area contributed by atoms with Crippen LogP contribution in [0.1, 0.15) is 16.8 Å². The number of rotatable bonds is 3. The third-order valence-electron chi connectivity index (χ3n) is 2.82. The highest BCUT2D eigenvalue weighted by molar-refractivity contribution is 5.94. The third-order valence-corrected chi connectivity index (χ3v) is 2.82. The molecule has 1 aromatic carbocycles. The van der Waals surface area contributed by atoms with E-state index in [1.54, 1.807) is 11.0 Å². The molecular formula is C12H15ClF2N2O2. The minimum absolute atomic E-state index is 0. The highest BCUT2D eigenvalue weighted by atomic mass is 35.5. The summed E-state index contributed by atoms with van der Waals surface area (Å²) >= 11 is 0. The van der Waals surface area contributed by atoms with Crippen LogP contribution in [-0.2, 0) is 0 Å². The Kier molecular flexibility index (Phi) is 5.50. The van der Waals surface area contributed by atoms with Crippen molar-refractivity contribution in [2.45, 2.75) is 19.1 Å². The number of carbonyl (C=O) groups excluding carboxylic acids is 1. The summed E-state index contributed by atoms with van der Waals surface area (Å²) in [5.41, 5.74) is 6.05. The average Bonchev–Trinajstić information content (AvgIpc) is 2.74. The summed E-state index contributed by atoms with van der Waals surface area (Å²) in [6.45, 7) is -1.80. The highest BCUT2D eigenvalue weighted by Gasteiger charge is 2.24. The van der Waals surface area contributed by atoms with Crippen LogP contribution >= 0.6 is 12.4 Å². The van der Waals surface area contributed by atoms with Crippen LogP contribution in [0.5, 0.6) is 5.75 Å². The molecule has 1 atom stereocenters. The number of ether oxygens (including phenoxy) is 1. The van der Waals surface area contributed by atoms with Gasteiger partial charge in [-0.15, -0.1) is 12.4 Å². The molecule has 4 nitrogen and oxygen atoms in total. The second kappa shape index (κ2) is 6.68. The van der Waals surface area contributed by atoms with E-state index in [1.807, 2.05) is 0 Å². The topological polar surface area (TPSA) is 55.6 Å². The Morgan fingerprint density at radius 2 is 2.21 bits per heavy atom. The van der Waals surface area contributed by atoms with E-state index in [4.69, 9.17) is 5.73 Å². The molecule has 7 heteroatoms. The van der Waals surface area contributed by atoms with Gasteiger partial charge in [-0.2, -0.15) is 8.78 Å². The van der Waals surface area contributed by atoms with E-state index >= 15 is 0 Å². The van der Waals surface area contributed by atoms with Gasteiger partial charge in [-0.1, -0.05) is 6.07 Å². The van der Waals surface area contributed by atoms with E-state index in [9.17, 15) is 13.6 Å². The van der Waals surface area contributed by atoms with Gasteiger partial charge in [0.05, 0.1) is 0 Å². The van der Waals surface area contributed by atoms with Crippen molar-refractivity contribution in [2.24, 2.45) is 5.73 Å². The van der Waals surface area contributed by atoms with Crippen LogP contribution in [0, 0.1) is 0 Å². The summed E-state index contributed by atoms with van der Waals surface area (Å²) in [6, 6.07) is 5.79. The van der Waals surface area contributed by atoms with Crippen molar-refractivity contribution in [3.63, 3.8) is 0 Å². The maximum Gasteiger partial charge on any atom is 0.387 e. The Balaban J connectivity index is 0.00000180. The van der Waals surface area contributed by atoms with Crippen LogP contribution in [0.4, 0.5) is 8.78 Å². The zero-order valence-electron chi connectivity index (χ0n) is 10.1. The predicted octanol–water partition coefficient (Wildman–Crippen LogP) is 1.88. The summed E-state index contributed by atoms with van der Waals surface area (Å²) in [5.74, 6) is -0.220. The number of benzene rings is 1. The van der Waals surface area contributed by atoms with Crippen molar-refractivity contribution in [2.75, 3.05) is 13.1 Å². The van der Waals surface area contributed by atoms with E-state index in [2.05, 4.69) is 4.74 Å². The number of hydrogen-bond donors (Lipinski definition) is 1. The molecule has 2 rings (SSSR count). The fourth-order valence-corrected chi connectivity index (χ4v) is 1.96. The van der Waals surface area contributed by atoms with Gasteiger partial charge in [0.25, 0.3) is 5.91 Å².